The van der Waals surface area contributed by atoms with Gasteiger partial charge in [-0.1, -0.05) is 6.92 Å². The van der Waals surface area contributed by atoms with Crippen LogP contribution in [-0.4, -0.2) is 32.0 Å². The van der Waals surface area contributed by atoms with Crippen LogP contribution in [0.3, 0.4) is 0 Å². The second-order valence-electron chi connectivity index (χ2n) is 3.99. The molecule has 1 rings (SSSR count). The lowest BCUT2D eigenvalue weighted by atomic mass is 9.90. The largest absolute Gasteiger partial charge is 0.383 e. The number of nitrogens with two attached hydrogens (primary N) is 1. The van der Waals surface area contributed by atoms with Crippen molar-refractivity contribution in [2.75, 3.05) is 20.3 Å². The molecule has 0 amide bonds. The van der Waals surface area contributed by atoms with Crippen molar-refractivity contribution in [3.8, 4) is 0 Å². The van der Waals surface area contributed by atoms with Crippen LogP contribution >= 0.6 is 0 Å². The molecule has 2 atom stereocenters. The van der Waals surface area contributed by atoms with E-state index in [0.29, 0.717) is 12.7 Å². The quantitative estimate of drug-likeness (QED) is 0.705. The summed E-state index contributed by atoms with van der Waals surface area (Å²) in [5.74, 6) is 0. The van der Waals surface area contributed by atoms with E-state index in [2.05, 4.69) is 6.92 Å². The van der Waals surface area contributed by atoms with Crippen molar-refractivity contribution >= 4 is 0 Å². The van der Waals surface area contributed by atoms with Crippen LogP contribution in [0.2, 0.25) is 0 Å². The Bertz CT molecular complexity index is 146. The fourth-order valence-corrected chi connectivity index (χ4v) is 1.85. The van der Waals surface area contributed by atoms with Gasteiger partial charge in [0.25, 0.3) is 0 Å². The van der Waals surface area contributed by atoms with E-state index >= 15 is 0 Å². The van der Waals surface area contributed by atoms with Crippen molar-refractivity contribution in [2.45, 2.75) is 44.2 Å². The third-order valence-electron chi connectivity index (χ3n) is 2.79. The maximum absolute atomic E-state index is 6.18. The van der Waals surface area contributed by atoms with Crippen LogP contribution in [-0.2, 0) is 9.47 Å². The zero-order valence-electron chi connectivity index (χ0n) is 8.71. The normalized spacial score (nSPS) is 27.5. The molecule has 3 nitrogen and oxygen atoms in total. The zero-order valence-corrected chi connectivity index (χ0v) is 8.71. The molecule has 1 heterocycles. The summed E-state index contributed by atoms with van der Waals surface area (Å²) in [7, 11) is 1.70. The molecule has 78 valence electrons. The molecule has 1 aliphatic heterocycles. The minimum absolute atomic E-state index is 0.191. The molecule has 0 saturated carbocycles. The summed E-state index contributed by atoms with van der Waals surface area (Å²) in [4.78, 5) is 0. The molecule has 3 heteroatoms. The summed E-state index contributed by atoms with van der Waals surface area (Å²) in [6.45, 7) is 3.63. The zero-order chi connectivity index (χ0) is 9.73. The summed E-state index contributed by atoms with van der Waals surface area (Å²) in [5, 5.41) is 0. The predicted molar refractivity (Wildman–Crippen MR) is 52.7 cm³/mol. The molecule has 0 aromatic carbocycles. The molecule has 0 bridgehead atoms. The number of methoxy groups -OCH3 is 1. The van der Waals surface area contributed by atoms with Gasteiger partial charge in [0.15, 0.2) is 0 Å². The molecule has 2 unspecified atom stereocenters. The molecule has 1 aliphatic rings. The van der Waals surface area contributed by atoms with Gasteiger partial charge < -0.3 is 15.2 Å². The van der Waals surface area contributed by atoms with Gasteiger partial charge in [0.1, 0.15) is 0 Å². The van der Waals surface area contributed by atoms with Crippen LogP contribution < -0.4 is 5.73 Å². The average molecular weight is 187 g/mol. The molecular weight excluding hydrogens is 166 g/mol. The Morgan fingerprint density at radius 1 is 1.62 bits per heavy atom. The van der Waals surface area contributed by atoms with Gasteiger partial charge in [-0.25, -0.2) is 0 Å². The van der Waals surface area contributed by atoms with Crippen molar-refractivity contribution in [3.05, 3.63) is 0 Å². The Morgan fingerprint density at radius 2 is 2.38 bits per heavy atom. The molecule has 0 aliphatic carbocycles. The lowest BCUT2D eigenvalue weighted by Crippen LogP contribution is -2.46. The van der Waals surface area contributed by atoms with E-state index in [9.17, 15) is 0 Å². The van der Waals surface area contributed by atoms with Gasteiger partial charge in [-0.15, -0.1) is 0 Å². The topological polar surface area (TPSA) is 44.5 Å². The van der Waals surface area contributed by atoms with E-state index in [4.69, 9.17) is 15.2 Å². The molecule has 1 fully saturated rings. The Hall–Kier alpha value is -0.120. The van der Waals surface area contributed by atoms with E-state index in [1.807, 2.05) is 0 Å². The van der Waals surface area contributed by atoms with Gasteiger partial charge in [-0.05, 0) is 25.7 Å². The fourth-order valence-electron chi connectivity index (χ4n) is 1.85. The maximum atomic E-state index is 6.18. The van der Waals surface area contributed by atoms with Crippen molar-refractivity contribution in [2.24, 2.45) is 5.73 Å². The molecule has 13 heavy (non-hydrogen) atoms. The van der Waals surface area contributed by atoms with E-state index in [1.54, 1.807) is 7.11 Å². The van der Waals surface area contributed by atoms with Gasteiger partial charge in [0.05, 0.1) is 12.7 Å². The molecule has 0 radical (unpaired) electrons. The first-order chi connectivity index (χ1) is 6.20. The SMILES string of the molecule is CCC(N)(COC)CC1CCCO1. The van der Waals surface area contributed by atoms with E-state index in [0.717, 1.165) is 25.9 Å². The standard InChI is InChI=1S/C10H21NO2/c1-3-10(11,8-12-2)7-9-5-4-6-13-9/h9H,3-8,11H2,1-2H3. The van der Waals surface area contributed by atoms with Crippen LogP contribution in [0.15, 0.2) is 0 Å². The van der Waals surface area contributed by atoms with Crippen LogP contribution in [0.5, 0.6) is 0 Å². The van der Waals surface area contributed by atoms with Crippen LogP contribution in [0.25, 0.3) is 0 Å². The Labute approximate surface area is 80.6 Å². The molecular formula is C10H21NO2. The first-order valence-electron chi connectivity index (χ1n) is 5.09. The lowest BCUT2D eigenvalue weighted by molar-refractivity contribution is 0.0529. The predicted octanol–water partition coefficient (Wildman–Crippen LogP) is 1.31. The first kappa shape index (κ1) is 11.0. The molecule has 0 aromatic rings. The smallest absolute Gasteiger partial charge is 0.0643 e. The number of ether oxygens (including phenoxy) is 2. The molecule has 2 N–H and O–H groups in total. The van der Waals surface area contributed by atoms with E-state index < -0.39 is 0 Å². The third kappa shape index (κ3) is 3.25. The highest BCUT2D eigenvalue weighted by molar-refractivity contribution is 4.86. The van der Waals surface area contributed by atoms with Crippen LogP contribution in [0, 0.1) is 0 Å². The summed E-state index contributed by atoms with van der Waals surface area (Å²) in [6, 6.07) is 0. The molecule has 0 spiro atoms. The Morgan fingerprint density at radius 3 is 2.85 bits per heavy atom. The van der Waals surface area contributed by atoms with Gasteiger partial charge in [-0.2, -0.15) is 0 Å². The van der Waals surface area contributed by atoms with Gasteiger partial charge in [0.2, 0.25) is 0 Å². The maximum Gasteiger partial charge on any atom is 0.0643 e. The highest BCUT2D eigenvalue weighted by Gasteiger charge is 2.29. The fraction of sp³-hybridized carbons (Fsp3) is 1.00. The van der Waals surface area contributed by atoms with Crippen molar-refractivity contribution < 1.29 is 9.47 Å². The second-order valence-corrected chi connectivity index (χ2v) is 3.99. The summed E-state index contributed by atoms with van der Waals surface area (Å²) >= 11 is 0. The number of hydrogen-bond acceptors (Lipinski definition) is 3. The van der Waals surface area contributed by atoms with Crippen molar-refractivity contribution in [1.82, 2.24) is 0 Å². The van der Waals surface area contributed by atoms with Crippen LogP contribution in [0.1, 0.15) is 32.6 Å². The number of rotatable bonds is 5. The minimum Gasteiger partial charge on any atom is -0.383 e. The van der Waals surface area contributed by atoms with Crippen LogP contribution in [0.4, 0.5) is 0 Å². The Balaban J connectivity index is 2.36. The highest BCUT2D eigenvalue weighted by Crippen LogP contribution is 2.23. The molecule has 0 aromatic heterocycles. The van der Waals surface area contributed by atoms with Gasteiger partial charge >= 0.3 is 0 Å². The van der Waals surface area contributed by atoms with Gasteiger partial charge in [-0.3, -0.25) is 0 Å². The lowest BCUT2D eigenvalue weighted by Gasteiger charge is -2.29. The van der Waals surface area contributed by atoms with Crippen molar-refractivity contribution in [3.63, 3.8) is 0 Å². The average Bonchev–Trinajstić information content (AvgIpc) is 2.57. The minimum atomic E-state index is -0.191. The Kier molecular flexibility index (Phi) is 4.16. The first-order valence-corrected chi connectivity index (χ1v) is 5.09. The van der Waals surface area contributed by atoms with Crippen molar-refractivity contribution in [1.29, 1.82) is 0 Å². The summed E-state index contributed by atoms with van der Waals surface area (Å²) in [5.41, 5.74) is 5.99. The van der Waals surface area contributed by atoms with E-state index in [1.165, 1.54) is 6.42 Å². The monoisotopic (exact) mass is 187 g/mol. The number of hydrogen-bond donors (Lipinski definition) is 1. The van der Waals surface area contributed by atoms with E-state index in [-0.39, 0.29) is 5.54 Å². The molecule has 1 saturated heterocycles. The summed E-state index contributed by atoms with van der Waals surface area (Å²) < 4.78 is 10.7. The highest BCUT2D eigenvalue weighted by atomic mass is 16.5. The van der Waals surface area contributed by atoms with Gasteiger partial charge in [0, 0.05) is 19.3 Å². The third-order valence-corrected chi connectivity index (χ3v) is 2.79. The summed E-state index contributed by atoms with van der Waals surface area (Å²) in [6.07, 6.45) is 4.57. The second kappa shape index (κ2) is 4.94.